The first-order valence-corrected chi connectivity index (χ1v) is 7.64. The summed E-state index contributed by atoms with van der Waals surface area (Å²) >= 11 is 0. The minimum Gasteiger partial charge on any atom is -0.388 e. The molecule has 0 radical (unpaired) electrons. The van der Waals surface area contributed by atoms with E-state index in [4.69, 9.17) is 0 Å². The fourth-order valence-electron chi connectivity index (χ4n) is 2.13. The van der Waals surface area contributed by atoms with Gasteiger partial charge in [0.05, 0.1) is 23.8 Å². The van der Waals surface area contributed by atoms with Crippen LogP contribution < -0.4 is 0 Å². The predicted octanol–water partition coefficient (Wildman–Crippen LogP) is 0.932. The molecule has 1 aliphatic heterocycles. The zero-order valence-electron chi connectivity index (χ0n) is 10.1. The average Bonchev–Trinajstić information content (AvgIpc) is 2.83. The second-order valence-corrected chi connectivity index (χ2v) is 7.18. The Morgan fingerprint density at radius 1 is 1.53 bits per heavy atom. The lowest BCUT2D eigenvalue weighted by molar-refractivity contribution is 0.121. The van der Waals surface area contributed by atoms with Crippen molar-refractivity contribution >= 4 is 9.84 Å². The average molecular weight is 258 g/mol. The molecule has 5 nitrogen and oxygen atoms in total. The summed E-state index contributed by atoms with van der Waals surface area (Å²) in [6.07, 6.45) is 3.23. The minimum atomic E-state index is -2.95. The normalized spacial score (nSPS) is 25.3. The van der Waals surface area contributed by atoms with Crippen LogP contribution in [0, 0.1) is 5.92 Å². The highest BCUT2D eigenvalue weighted by molar-refractivity contribution is 7.91. The molecule has 1 aromatic rings. The number of aliphatic hydroxyl groups excluding tert-OH is 1. The van der Waals surface area contributed by atoms with Crippen molar-refractivity contribution in [3.63, 3.8) is 0 Å². The summed E-state index contributed by atoms with van der Waals surface area (Å²) in [7, 11) is -2.95. The molecular weight excluding hydrogens is 240 g/mol. The molecule has 0 aromatic carbocycles. The number of rotatable bonds is 3. The molecule has 0 amide bonds. The molecule has 2 atom stereocenters. The quantitative estimate of drug-likeness (QED) is 0.875. The monoisotopic (exact) mass is 258 g/mol. The van der Waals surface area contributed by atoms with Crippen LogP contribution in [-0.4, -0.2) is 34.8 Å². The Hall–Kier alpha value is -0.880. The summed E-state index contributed by atoms with van der Waals surface area (Å²) in [6, 6.07) is 0.239. The van der Waals surface area contributed by atoms with Crippen LogP contribution in [0.1, 0.15) is 38.0 Å². The van der Waals surface area contributed by atoms with E-state index in [9.17, 15) is 13.5 Å². The number of sulfone groups is 1. The van der Waals surface area contributed by atoms with Gasteiger partial charge in [-0.15, -0.1) is 0 Å². The van der Waals surface area contributed by atoms with Crippen LogP contribution >= 0.6 is 0 Å². The van der Waals surface area contributed by atoms with Crippen LogP contribution in [0.25, 0.3) is 0 Å². The van der Waals surface area contributed by atoms with E-state index in [-0.39, 0.29) is 23.5 Å². The largest absolute Gasteiger partial charge is 0.388 e. The smallest absolute Gasteiger partial charge is 0.150 e. The van der Waals surface area contributed by atoms with Gasteiger partial charge in [-0.3, -0.25) is 4.68 Å². The van der Waals surface area contributed by atoms with Gasteiger partial charge in [-0.25, -0.2) is 8.42 Å². The summed E-state index contributed by atoms with van der Waals surface area (Å²) < 4.78 is 24.5. The highest BCUT2D eigenvalue weighted by Crippen LogP contribution is 2.31. The van der Waals surface area contributed by atoms with Crippen LogP contribution in [0.4, 0.5) is 0 Å². The molecule has 0 aliphatic carbocycles. The summed E-state index contributed by atoms with van der Waals surface area (Å²) in [5.41, 5.74) is 0.709. The van der Waals surface area contributed by atoms with Crippen LogP contribution in [0.3, 0.4) is 0 Å². The van der Waals surface area contributed by atoms with Gasteiger partial charge in [0, 0.05) is 23.7 Å². The van der Waals surface area contributed by atoms with Crippen LogP contribution in [0.5, 0.6) is 0 Å². The maximum absolute atomic E-state index is 11.4. The van der Waals surface area contributed by atoms with Gasteiger partial charge in [0.15, 0.2) is 9.84 Å². The molecule has 6 heteroatoms. The Balaban J connectivity index is 2.12. The van der Waals surface area contributed by atoms with E-state index in [0.717, 1.165) is 0 Å². The van der Waals surface area contributed by atoms with Crippen molar-refractivity contribution in [1.29, 1.82) is 0 Å². The Bertz CT molecular complexity index is 493. The Morgan fingerprint density at radius 3 is 2.71 bits per heavy atom. The topological polar surface area (TPSA) is 72.2 Å². The van der Waals surface area contributed by atoms with E-state index in [0.29, 0.717) is 12.0 Å². The third kappa shape index (κ3) is 2.69. The SMILES string of the molecule is CC(C)n1cc(C(O)C2CCS(=O)(=O)C2)cn1. The van der Waals surface area contributed by atoms with Crippen molar-refractivity contribution in [1.82, 2.24) is 9.78 Å². The van der Waals surface area contributed by atoms with E-state index < -0.39 is 15.9 Å². The van der Waals surface area contributed by atoms with Crippen molar-refractivity contribution in [3.05, 3.63) is 18.0 Å². The molecule has 2 rings (SSSR count). The molecule has 0 spiro atoms. The fraction of sp³-hybridized carbons (Fsp3) is 0.727. The Labute approximate surface area is 101 Å². The summed E-state index contributed by atoms with van der Waals surface area (Å²) in [6.45, 7) is 4.01. The van der Waals surface area contributed by atoms with Gasteiger partial charge in [0.25, 0.3) is 0 Å². The number of hydrogen-bond acceptors (Lipinski definition) is 4. The van der Waals surface area contributed by atoms with Crippen LogP contribution in [0.2, 0.25) is 0 Å². The van der Waals surface area contributed by atoms with Gasteiger partial charge in [0.1, 0.15) is 0 Å². The van der Waals surface area contributed by atoms with Crippen LogP contribution in [0.15, 0.2) is 12.4 Å². The molecule has 2 unspecified atom stereocenters. The molecule has 1 saturated heterocycles. The van der Waals surface area contributed by atoms with Crippen molar-refractivity contribution < 1.29 is 13.5 Å². The van der Waals surface area contributed by atoms with Crippen molar-refractivity contribution in [2.75, 3.05) is 11.5 Å². The Kier molecular flexibility index (Phi) is 3.27. The van der Waals surface area contributed by atoms with E-state index in [2.05, 4.69) is 5.10 Å². The Morgan fingerprint density at radius 2 is 2.24 bits per heavy atom. The minimum absolute atomic E-state index is 0.0844. The second kappa shape index (κ2) is 4.42. The molecule has 0 bridgehead atoms. The van der Waals surface area contributed by atoms with E-state index >= 15 is 0 Å². The highest BCUT2D eigenvalue weighted by Gasteiger charge is 2.34. The first-order valence-electron chi connectivity index (χ1n) is 5.81. The van der Waals surface area contributed by atoms with Gasteiger partial charge in [-0.05, 0) is 20.3 Å². The summed E-state index contributed by atoms with van der Waals surface area (Å²) in [5.74, 6) is 0.0819. The van der Waals surface area contributed by atoms with Crippen molar-refractivity contribution in [3.8, 4) is 0 Å². The lowest BCUT2D eigenvalue weighted by atomic mass is 9.98. The third-order valence-electron chi connectivity index (χ3n) is 3.21. The van der Waals surface area contributed by atoms with E-state index in [1.165, 1.54) is 0 Å². The molecule has 1 N–H and O–H groups in total. The molecule has 96 valence electrons. The maximum atomic E-state index is 11.4. The number of aromatic nitrogens is 2. The molecular formula is C11H18N2O3S. The summed E-state index contributed by atoms with van der Waals surface area (Å²) in [4.78, 5) is 0. The number of nitrogens with zero attached hydrogens (tertiary/aromatic N) is 2. The van der Waals surface area contributed by atoms with Gasteiger partial charge in [-0.1, -0.05) is 0 Å². The van der Waals surface area contributed by atoms with E-state index in [1.54, 1.807) is 17.1 Å². The standard InChI is InChI=1S/C11H18N2O3S/c1-8(2)13-6-10(5-12-13)11(14)9-3-4-17(15,16)7-9/h5-6,8-9,11,14H,3-4,7H2,1-2H3. The first kappa shape index (κ1) is 12.6. The third-order valence-corrected chi connectivity index (χ3v) is 5.00. The van der Waals surface area contributed by atoms with E-state index in [1.807, 2.05) is 13.8 Å². The highest BCUT2D eigenvalue weighted by atomic mass is 32.2. The van der Waals surface area contributed by atoms with Gasteiger partial charge in [0.2, 0.25) is 0 Å². The fourth-order valence-corrected chi connectivity index (χ4v) is 3.96. The van der Waals surface area contributed by atoms with Crippen LogP contribution in [-0.2, 0) is 9.84 Å². The number of aliphatic hydroxyl groups is 1. The van der Waals surface area contributed by atoms with Gasteiger partial charge >= 0.3 is 0 Å². The summed E-state index contributed by atoms with van der Waals surface area (Å²) in [5, 5.41) is 14.3. The molecule has 1 aliphatic rings. The van der Waals surface area contributed by atoms with Gasteiger partial charge < -0.3 is 5.11 Å². The second-order valence-electron chi connectivity index (χ2n) is 4.96. The molecule has 0 saturated carbocycles. The number of hydrogen-bond donors (Lipinski definition) is 1. The lowest BCUT2D eigenvalue weighted by Gasteiger charge is -2.14. The predicted molar refractivity (Wildman–Crippen MR) is 64.3 cm³/mol. The van der Waals surface area contributed by atoms with Crippen molar-refractivity contribution in [2.24, 2.45) is 5.92 Å². The lowest BCUT2D eigenvalue weighted by Crippen LogP contribution is -2.13. The maximum Gasteiger partial charge on any atom is 0.150 e. The molecule has 1 fully saturated rings. The molecule has 1 aromatic heterocycles. The van der Waals surface area contributed by atoms with Crippen molar-refractivity contribution in [2.45, 2.75) is 32.4 Å². The zero-order chi connectivity index (χ0) is 12.6. The zero-order valence-corrected chi connectivity index (χ0v) is 10.9. The van der Waals surface area contributed by atoms with Gasteiger partial charge in [-0.2, -0.15) is 5.10 Å². The molecule has 17 heavy (non-hydrogen) atoms. The molecule has 2 heterocycles. The first-order chi connectivity index (χ1) is 7.89.